The van der Waals surface area contributed by atoms with E-state index in [4.69, 9.17) is 4.74 Å². The van der Waals surface area contributed by atoms with E-state index in [1.807, 2.05) is 18.2 Å². The minimum atomic E-state index is -0.216. The molecule has 0 unspecified atom stereocenters. The number of nitrogens with one attached hydrogen (secondary N) is 2. The maximum Gasteiger partial charge on any atom is 0.255 e. The van der Waals surface area contributed by atoms with Crippen molar-refractivity contribution in [3.05, 3.63) is 52.5 Å². The van der Waals surface area contributed by atoms with Gasteiger partial charge in [-0.15, -0.1) is 0 Å². The van der Waals surface area contributed by atoms with Crippen LogP contribution in [0.2, 0.25) is 0 Å². The zero-order chi connectivity index (χ0) is 21.3. The first-order valence-electron chi connectivity index (χ1n) is 10.7. The molecule has 1 aliphatic rings. The van der Waals surface area contributed by atoms with Gasteiger partial charge in [0.25, 0.3) is 5.91 Å². The second-order valence-electron chi connectivity index (χ2n) is 7.71. The molecule has 1 aliphatic carbocycles. The fourth-order valence-corrected chi connectivity index (χ4v) is 4.07. The first-order valence-corrected chi connectivity index (χ1v) is 11.5. The molecule has 5 nitrogen and oxygen atoms in total. The summed E-state index contributed by atoms with van der Waals surface area (Å²) in [5, 5.41) is 5.89. The third kappa shape index (κ3) is 6.33. The van der Waals surface area contributed by atoms with Gasteiger partial charge < -0.3 is 15.4 Å². The van der Waals surface area contributed by atoms with Crippen molar-refractivity contribution in [2.24, 2.45) is 5.92 Å². The van der Waals surface area contributed by atoms with E-state index in [0.29, 0.717) is 23.5 Å². The molecule has 1 saturated carbocycles. The number of halogens is 1. The van der Waals surface area contributed by atoms with Crippen LogP contribution in [-0.4, -0.2) is 18.4 Å². The number of rotatable bonds is 8. The van der Waals surface area contributed by atoms with E-state index in [2.05, 4.69) is 33.5 Å². The second-order valence-corrected chi connectivity index (χ2v) is 8.56. The van der Waals surface area contributed by atoms with E-state index in [9.17, 15) is 9.59 Å². The molecule has 0 aromatic heterocycles. The normalized spacial score (nSPS) is 14.2. The molecule has 2 aromatic rings. The van der Waals surface area contributed by atoms with Gasteiger partial charge in [0, 0.05) is 22.9 Å². The molecule has 0 aliphatic heterocycles. The Labute approximate surface area is 186 Å². The summed E-state index contributed by atoms with van der Waals surface area (Å²) in [4.78, 5) is 25.1. The van der Waals surface area contributed by atoms with Crippen molar-refractivity contribution < 1.29 is 14.3 Å². The molecule has 2 N–H and O–H groups in total. The average Bonchev–Trinajstić information content (AvgIpc) is 2.76. The summed E-state index contributed by atoms with van der Waals surface area (Å²) in [5.74, 6) is 0.673. The van der Waals surface area contributed by atoms with Gasteiger partial charge in [-0.3, -0.25) is 9.59 Å². The Hall–Kier alpha value is -2.34. The number of unbranched alkanes of at least 4 members (excludes halogenated alkanes) is 1. The van der Waals surface area contributed by atoms with Gasteiger partial charge in [0.15, 0.2) is 0 Å². The molecule has 0 bridgehead atoms. The highest BCUT2D eigenvalue weighted by molar-refractivity contribution is 9.10. The lowest BCUT2D eigenvalue weighted by atomic mass is 9.88. The van der Waals surface area contributed by atoms with Gasteiger partial charge in [-0.2, -0.15) is 0 Å². The summed E-state index contributed by atoms with van der Waals surface area (Å²) in [7, 11) is 0. The van der Waals surface area contributed by atoms with Crippen molar-refractivity contribution >= 4 is 39.1 Å². The minimum absolute atomic E-state index is 0.0702. The maximum atomic E-state index is 12.7. The fourth-order valence-electron chi connectivity index (χ4n) is 3.57. The van der Waals surface area contributed by atoms with Crippen molar-refractivity contribution in [1.82, 2.24) is 0 Å². The lowest BCUT2D eigenvalue weighted by molar-refractivity contribution is -0.120. The summed E-state index contributed by atoms with van der Waals surface area (Å²) in [6.07, 6.45) is 7.41. The number of hydrogen-bond donors (Lipinski definition) is 2. The van der Waals surface area contributed by atoms with Crippen LogP contribution >= 0.6 is 15.9 Å². The Bertz CT molecular complexity index is 879. The molecule has 1 fully saturated rings. The molecule has 2 amide bonds. The van der Waals surface area contributed by atoms with E-state index < -0.39 is 0 Å². The van der Waals surface area contributed by atoms with Gasteiger partial charge in [-0.1, -0.05) is 38.7 Å². The molecular formula is C24H29BrN2O3. The third-order valence-corrected chi connectivity index (χ3v) is 5.93. The van der Waals surface area contributed by atoms with E-state index in [1.165, 1.54) is 6.42 Å². The Morgan fingerprint density at radius 2 is 1.77 bits per heavy atom. The summed E-state index contributed by atoms with van der Waals surface area (Å²) in [5.41, 5.74) is 1.87. The van der Waals surface area contributed by atoms with Crippen molar-refractivity contribution in [3.8, 4) is 5.75 Å². The number of amides is 2. The molecule has 0 radical (unpaired) electrons. The number of ether oxygens (including phenoxy) is 1. The highest BCUT2D eigenvalue weighted by Crippen LogP contribution is 2.28. The Balaban J connectivity index is 1.60. The quantitative estimate of drug-likeness (QED) is 0.436. The van der Waals surface area contributed by atoms with Crippen LogP contribution in [0.15, 0.2) is 46.9 Å². The Kier molecular flexibility index (Phi) is 8.31. The van der Waals surface area contributed by atoms with E-state index >= 15 is 0 Å². The van der Waals surface area contributed by atoms with Crippen molar-refractivity contribution in [2.45, 2.75) is 51.9 Å². The average molecular weight is 473 g/mol. The van der Waals surface area contributed by atoms with Crippen molar-refractivity contribution in [2.75, 3.05) is 17.2 Å². The lowest BCUT2D eigenvalue weighted by Crippen LogP contribution is -2.24. The Morgan fingerprint density at radius 3 is 2.47 bits per heavy atom. The highest BCUT2D eigenvalue weighted by Gasteiger charge is 2.21. The molecule has 2 aromatic carbocycles. The van der Waals surface area contributed by atoms with Crippen LogP contribution in [-0.2, 0) is 4.79 Å². The van der Waals surface area contributed by atoms with Crippen LogP contribution in [0.5, 0.6) is 5.75 Å². The van der Waals surface area contributed by atoms with Crippen molar-refractivity contribution in [3.63, 3.8) is 0 Å². The van der Waals surface area contributed by atoms with Gasteiger partial charge in [-0.05, 0) is 71.6 Å². The van der Waals surface area contributed by atoms with Crippen LogP contribution in [0, 0.1) is 5.92 Å². The van der Waals surface area contributed by atoms with Gasteiger partial charge in [0.1, 0.15) is 5.75 Å². The molecule has 0 spiro atoms. The summed E-state index contributed by atoms with van der Waals surface area (Å²) in [6, 6.07) is 12.6. The lowest BCUT2D eigenvalue weighted by Gasteiger charge is -2.20. The first kappa shape index (κ1) is 22.3. The van der Waals surface area contributed by atoms with Crippen LogP contribution < -0.4 is 15.4 Å². The monoisotopic (exact) mass is 472 g/mol. The zero-order valence-electron chi connectivity index (χ0n) is 17.4. The van der Waals surface area contributed by atoms with E-state index in [-0.39, 0.29) is 17.7 Å². The smallest absolute Gasteiger partial charge is 0.255 e. The standard InChI is InChI=1S/C24H29BrN2O3/c1-2-3-14-30-22-13-12-18(15-21(22)25)24(29)27-20-11-7-10-19(16-20)26-23(28)17-8-5-4-6-9-17/h7,10-13,15-17H,2-6,8-9,14H2,1H3,(H,26,28)(H,27,29). The third-order valence-electron chi connectivity index (χ3n) is 5.31. The van der Waals surface area contributed by atoms with Crippen LogP contribution in [0.25, 0.3) is 0 Å². The summed E-state index contributed by atoms with van der Waals surface area (Å²) < 4.78 is 6.46. The van der Waals surface area contributed by atoms with Crippen LogP contribution in [0.1, 0.15) is 62.2 Å². The topological polar surface area (TPSA) is 67.4 Å². The number of anilines is 2. The molecule has 0 saturated heterocycles. The SMILES string of the molecule is CCCCOc1ccc(C(=O)Nc2cccc(NC(=O)C3CCCCC3)c2)cc1Br. The molecule has 3 rings (SSSR count). The maximum absolute atomic E-state index is 12.7. The van der Waals surface area contributed by atoms with E-state index in [1.54, 1.807) is 24.3 Å². The summed E-state index contributed by atoms with van der Waals surface area (Å²) >= 11 is 3.48. The summed E-state index contributed by atoms with van der Waals surface area (Å²) in [6.45, 7) is 2.77. The van der Waals surface area contributed by atoms with Crippen LogP contribution in [0.3, 0.4) is 0 Å². The number of benzene rings is 2. The molecule has 30 heavy (non-hydrogen) atoms. The van der Waals surface area contributed by atoms with Gasteiger partial charge >= 0.3 is 0 Å². The molecule has 0 heterocycles. The Morgan fingerprint density at radius 1 is 1.03 bits per heavy atom. The predicted molar refractivity (Wildman–Crippen MR) is 124 cm³/mol. The zero-order valence-corrected chi connectivity index (χ0v) is 19.0. The molecule has 0 atom stereocenters. The van der Waals surface area contributed by atoms with Gasteiger partial charge in [0.05, 0.1) is 11.1 Å². The number of carbonyl (C=O) groups is 2. The van der Waals surface area contributed by atoms with Gasteiger partial charge in [-0.25, -0.2) is 0 Å². The minimum Gasteiger partial charge on any atom is -0.492 e. The molecule has 6 heteroatoms. The number of hydrogen-bond acceptors (Lipinski definition) is 3. The largest absolute Gasteiger partial charge is 0.492 e. The molecule has 160 valence electrons. The fraction of sp³-hybridized carbons (Fsp3) is 0.417. The molecular weight excluding hydrogens is 444 g/mol. The highest BCUT2D eigenvalue weighted by atomic mass is 79.9. The first-order chi connectivity index (χ1) is 14.6. The van der Waals surface area contributed by atoms with Crippen molar-refractivity contribution in [1.29, 1.82) is 0 Å². The van der Waals surface area contributed by atoms with Crippen LogP contribution in [0.4, 0.5) is 11.4 Å². The van der Waals surface area contributed by atoms with Gasteiger partial charge in [0.2, 0.25) is 5.91 Å². The predicted octanol–water partition coefficient (Wildman–Crippen LogP) is 6.40. The van der Waals surface area contributed by atoms with E-state index in [0.717, 1.165) is 48.7 Å². The number of carbonyl (C=O) groups excluding carboxylic acids is 2. The second kappa shape index (κ2) is 11.2.